The lowest BCUT2D eigenvalue weighted by Crippen LogP contribution is -2.35. The molecule has 2 aromatic heterocycles. The van der Waals surface area contributed by atoms with Crippen LogP contribution in [0.15, 0.2) is 40.8 Å². The summed E-state index contributed by atoms with van der Waals surface area (Å²) >= 11 is 0. The highest BCUT2D eigenvalue weighted by molar-refractivity contribution is 5.97. The maximum atomic E-state index is 14.3. The van der Waals surface area contributed by atoms with Gasteiger partial charge in [0.2, 0.25) is 0 Å². The van der Waals surface area contributed by atoms with Crippen LogP contribution in [0.25, 0.3) is 11.1 Å². The Morgan fingerprint density at radius 3 is 2.67 bits per heavy atom. The van der Waals surface area contributed by atoms with Gasteiger partial charge in [-0.05, 0) is 52.4 Å². The van der Waals surface area contributed by atoms with Gasteiger partial charge < -0.3 is 19.2 Å². The van der Waals surface area contributed by atoms with Crippen molar-refractivity contribution in [3.8, 4) is 0 Å². The van der Waals surface area contributed by atoms with Gasteiger partial charge in [-0.15, -0.1) is 0 Å². The van der Waals surface area contributed by atoms with E-state index in [1.807, 2.05) is 24.5 Å². The lowest BCUT2D eigenvalue weighted by Gasteiger charge is -2.20. The van der Waals surface area contributed by atoms with E-state index < -0.39 is 0 Å². The third kappa shape index (κ3) is 5.11. The number of amides is 1. The van der Waals surface area contributed by atoms with Crippen molar-refractivity contribution in [3.05, 3.63) is 59.2 Å². The Hall–Kier alpha value is -2.60. The molecule has 3 rings (SSSR count). The summed E-state index contributed by atoms with van der Waals surface area (Å²) in [7, 11) is 0. The Balaban J connectivity index is 1.75. The fourth-order valence-electron chi connectivity index (χ4n) is 3.85. The number of fused-ring (bicyclic) bond motifs is 1. The minimum Gasteiger partial charge on any atom is -0.460 e. The molecule has 1 atom stereocenters. The van der Waals surface area contributed by atoms with Crippen molar-refractivity contribution in [3.63, 3.8) is 0 Å². The molecule has 1 amide bonds. The molecular weight excluding hydrogens is 381 g/mol. The minimum absolute atomic E-state index is 0.0536. The van der Waals surface area contributed by atoms with E-state index in [-0.39, 0.29) is 24.3 Å². The maximum absolute atomic E-state index is 14.3. The third-order valence-electron chi connectivity index (χ3n) is 5.62. The van der Waals surface area contributed by atoms with E-state index >= 15 is 0 Å². The van der Waals surface area contributed by atoms with Gasteiger partial charge in [-0.2, -0.15) is 0 Å². The van der Waals surface area contributed by atoms with Crippen LogP contribution < -0.4 is 5.32 Å². The van der Waals surface area contributed by atoms with Crippen molar-refractivity contribution < 1.29 is 13.6 Å². The second-order valence-corrected chi connectivity index (χ2v) is 7.86. The molecular formula is C24H32FN3O2. The summed E-state index contributed by atoms with van der Waals surface area (Å²) in [6, 6.07) is 10.3. The topological polar surface area (TPSA) is 50.4 Å². The summed E-state index contributed by atoms with van der Waals surface area (Å²) in [4.78, 5) is 15.4. The van der Waals surface area contributed by atoms with Crippen LogP contribution in [-0.4, -0.2) is 41.1 Å². The molecule has 2 heterocycles. The number of nitrogens with zero attached hydrogens (tertiary/aromatic N) is 2. The number of benzene rings is 1. The number of aromatic nitrogens is 1. The SMILES string of the molecule is CCN(CC)CCCC(C)NC(=O)c1cc2oc(C)cc2n1Cc1ccccc1F. The Morgan fingerprint density at radius 1 is 1.23 bits per heavy atom. The molecule has 0 aliphatic heterocycles. The first-order valence-corrected chi connectivity index (χ1v) is 10.8. The quantitative estimate of drug-likeness (QED) is 0.510. The van der Waals surface area contributed by atoms with Gasteiger partial charge in [0.25, 0.3) is 5.91 Å². The highest BCUT2D eigenvalue weighted by Gasteiger charge is 2.20. The number of hydrogen-bond acceptors (Lipinski definition) is 3. The zero-order chi connectivity index (χ0) is 21.7. The number of furan rings is 1. The van der Waals surface area contributed by atoms with Crippen LogP contribution in [0.1, 0.15) is 55.4 Å². The molecule has 1 unspecified atom stereocenters. The van der Waals surface area contributed by atoms with Gasteiger partial charge in [0.1, 0.15) is 17.3 Å². The minimum atomic E-state index is -0.282. The van der Waals surface area contributed by atoms with E-state index in [9.17, 15) is 9.18 Å². The molecule has 0 radical (unpaired) electrons. The molecule has 1 N–H and O–H groups in total. The standard InChI is InChI=1S/C24H32FN3O2/c1-5-27(6-2)13-9-10-17(3)26-24(29)22-15-23-21(14-18(4)30-23)28(22)16-19-11-7-8-12-20(19)25/h7-8,11-12,14-15,17H,5-6,9-10,13,16H2,1-4H3,(H,26,29). The van der Waals surface area contributed by atoms with E-state index in [0.29, 0.717) is 16.8 Å². The van der Waals surface area contributed by atoms with E-state index in [1.165, 1.54) is 6.07 Å². The van der Waals surface area contributed by atoms with Gasteiger partial charge in [-0.1, -0.05) is 32.0 Å². The van der Waals surface area contributed by atoms with E-state index in [1.54, 1.807) is 24.3 Å². The smallest absolute Gasteiger partial charge is 0.268 e. The lowest BCUT2D eigenvalue weighted by atomic mass is 10.1. The second kappa shape index (κ2) is 9.94. The van der Waals surface area contributed by atoms with Crippen LogP contribution in [0, 0.1) is 12.7 Å². The van der Waals surface area contributed by atoms with Crippen molar-refractivity contribution in [2.24, 2.45) is 0 Å². The van der Waals surface area contributed by atoms with Crippen LogP contribution in [-0.2, 0) is 6.54 Å². The molecule has 0 saturated heterocycles. The maximum Gasteiger partial charge on any atom is 0.268 e. The molecule has 5 nitrogen and oxygen atoms in total. The predicted molar refractivity (Wildman–Crippen MR) is 118 cm³/mol. The predicted octanol–water partition coefficient (Wildman–Crippen LogP) is 4.97. The number of halogens is 1. The summed E-state index contributed by atoms with van der Waals surface area (Å²) in [6.07, 6.45) is 1.94. The summed E-state index contributed by atoms with van der Waals surface area (Å²) in [5.41, 5.74) is 2.47. The van der Waals surface area contributed by atoms with Gasteiger partial charge in [0.05, 0.1) is 12.1 Å². The van der Waals surface area contributed by atoms with Gasteiger partial charge in [0.15, 0.2) is 5.58 Å². The first-order chi connectivity index (χ1) is 14.4. The zero-order valence-electron chi connectivity index (χ0n) is 18.4. The number of rotatable bonds is 10. The second-order valence-electron chi connectivity index (χ2n) is 7.86. The lowest BCUT2D eigenvalue weighted by molar-refractivity contribution is 0.0928. The van der Waals surface area contributed by atoms with Crippen LogP contribution in [0.2, 0.25) is 0 Å². The molecule has 0 aliphatic carbocycles. The first kappa shape index (κ1) is 22.1. The molecule has 0 bridgehead atoms. The molecule has 6 heteroatoms. The number of carbonyl (C=O) groups excluding carboxylic acids is 1. The van der Waals surface area contributed by atoms with Crippen LogP contribution in [0.5, 0.6) is 0 Å². The summed E-state index contributed by atoms with van der Waals surface area (Å²) in [5, 5.41) is 3.10. The Kier molecular flexibility index (Phi) is 7.32. The van der Waals surface area contributed by atoms with Crippen molar-refractivity contribution in [2.45, 2.75) is 53.1 Å². The molecule has 1 aromatic carbocycles. The first-order valence-electron chi connectivity index (χ1n) is 10.8. The van der Waals surface area contributed by atoms with Gasteiger partial charge in [0, 0.05) is 23.7 Å². The molecule has 0 spiro atoms. The summed E-state index contributed by atoms with van der Waals surface area (Å²) < 4.78 is 21.8. The van der Waals surface area contributed by atoms with Crippen molar-refractivity contribution in [1.29, 1.82) is 0 Å². The van der Waals surface area contributed by atoms with Crippen molar-refractivity contribution in [1.82, 2.24) is 14.8 Å². The number of hydrogen-bond donors (Lipinski definition) is 1. The normalized spacial score (nSPS) is 12.6. The molecule has 3 aromatic rings. The Labute approximate surface area is 177 Å². The van der Waals surface area contributed by atoms with Crippen LogP contribution in [0.3, 0.4) is 0 Å². The monoisotopic (exact) mass is 413 g/mol. The van der Waals surface area contributed by atoms with Crippen molar-refractivity contribution >= 4 is 17.0 Å². The highest BCUT2D eigenvalue weighted by atomic mass is 19.1. The molecule has 0 aliphatic rings. The summed E-state index contributed by atoms with van der Waals surface area (Å²) in [6.45, 7) is 11.6. The van der Waals surface area contributed by atoms with Gasteiger partial charge >= 0.3 is 0 Å². The van der Waals surface area contributed by atoms with Crippen LogP contribution in [0.4, 0.5) is 4.39 Å². The van der Waals surface area contributed by atoms with E-state index in [2.05, 4.69) is 24.1 Å². The van der Waals surface area contributed by atoms with Gasteiger partial charge in [-0.3, -0.25) is 4.79 Å². The van der Waals surface area contributed by atoms with Crippen LogP contribution >= 0.6 is 0 Å². The fourth-order valence-corrected chi connectivity index (χ4v) is 3.85. The third-order valence-corrected chi connectivity index (χ3v) is 5.62. The number of carbonyl (C=O) groups is 1. The largest absolute Gasteiger partial charge is 0.460 e. The van der Waals surface area contributed by atoms with Crippen molar-refractivity contribution in [2.75, 3.05) is 19.6 Å². The highest BCUT2D eigenvalue weighted by Crippen LogP contribution is 2.25. The van der Waals surface area contributed by atoms with E-state index in [4.69, 9.17) is 4.42 Å². The number of nitrogens with one attached hydrogen (secondary N) is 1. The average molecular weight is 414 g/mol. The number of aryl methyl sites for hydroxylation is 1. The average Bonchev–Trinajstić information content (AvgIpc) is 3.24. The fraction of sp³-hybridized carbons (Fsp3) is 0.458. The zero-order valence-corrected chi connectivity index (χ0v) is 18.4. The van der Waals surface area contributed by atoms with E-state index in [0.717, 1.165) is 43.8 Å². The Morgan fingerprint density at radius 2 is 1.97 bits per heavy atom. The molecule has 30 heavy (non-hydrogen) atoms. The van der Waals surface area contributed by atoms with Gasteiger partial charge in [-0.25, -0.2) is 4.39 Å². The Bertz CT molecular complexity index is 988. The molecule has 0 fully saturated rings. The summed E-state index contributed by atoms with van der Waals surface area (Å²) in [5.74, 6) is 0.320. The molecule has 0 saturated carbocycles. The molecule has 162 valence electrons.